The molecule has 15 atom stereocenters. The van der Waals surface area contributed by atoms with E-state index in [2.05, 4.69) is 169 Å². The molecule has 0 amide bonds. The quantitative estimate of drug-likeness (QED) is 0.0981. The Bertz CT molecular complexity index is 5310. The number of fused-ring (bicyclic) bond motifs is 15. The van der Waals surface area contributed by atoms with Gasteiger partial charge in [-0.2, -0.15) is 26.3 Å². The van der Waals surface area contributed by atoms with Crippen molar-refractivity contribution in [2.24, 2.45) is 0 Å². The molecule has 122 heavy (non-hydrogen) atoms. The van der Waals surface area contributed by atoms with E-state index in [4.69, 9.17) is 23.7 Å². The Morgan fingerprint density at radius 3 is 0.992 bits per heavy atom. The number of benzene rings is 4. The van der Waals surface area contributed by atoms with Gasteiger partial charge in [-0.1, -0.05) is 183 Å². The van der Waals surface area contributed by atoms with Crippen molar-refractivity contribution < 1.29 is 74.0 Å². The Hall–Kier alpha value is -8.03. The van der Waals surface area contributed by atoms with E-state index in [-0.39, 0.29) is 69.8 Å². The fourth-order valence-corrected chi connectivity index (χ4v) is 26.9. The second-order valence-electron chi connectivity index (χ2n) is 38.2. The largest absolute Gasteiger partial charge is 0.449 e. The fraction of sp³-hybridized carbons (Fsp3) is 0.505. The molecule has 5 aliphatic carbocycles. The molecule has 15 nitrogen and oxygen atoms in total. The van der Waals surface area contributed by atoms with Crippen molar-refractivity contribution in [3.8, 4) is 0 Å². The van der Waals surface area contributed by atoms with Gasteiger partial charge in [0.05, 0.1) is 41.3 Å². The van der Waals surface area contributed by atoms with Crippen molar-refractivity contribution in [2.75, 3.05) is 32.7 Å². The molecular formula is C99H103Br2F6N5O10. The van der Waals surface area contributed by atoms with E-state index in [0.717, 1.165) is 146 Å². The van der Waals surface area contributed by atoms with Crippen LogP contribution in [0.5, 0.6) is 0 Å². The number of nitrogens with zero attached hydrogens (tertiary/aromatic N) is 5. The minimum Gasteiger partial charge on any atom is -0.449 e. The third-order valence-electron chi connectivity index (χ3n) is 30.5. The second-order valence-corrected chi connectivity index (χ2v) is 40.0. The van der Waals surface area contributed by atoms with Gasteiger partial charge in [0.15, 0.2) is 28.0 Å². The van der Waals surface area contributed by atoms with Gasteiger partial charge in [0, 0.05) is 130 Å². The lowest BCUT2D eigenvalue weighted by molar-refractivity contribution is -0.149. The highest BCUT2D eigenvalue weighted by atomic mass is 79.9. The highest BCUT2D eigenvalue weighted by Gasteiger charge is 2.67. The first-order valence-electron chi connectivity index (χ1n) is 44.5. The van der Waals surface area contributed by atoms with Crippen LogP contribution in [0.3, 0.4) is 0 Å². The van der Waals surface area contributed by atoms with Crippen LogP contribution in [0.25, 0.3) is 22.3 Å². The predicted octanol–water partition coefficient (Wildman–Crippen LogP) is 19.6. The first-order valence-corrected chi connectivity index (χ1v) is 46.1. The summed E-state index contributed by atoms with van der Waals surface area (Å²) in [6.45, 7) is 14.2. The summed E-state index contributed by atoms with van der Waals surface area (Å²) in [4.78, 5) is 73.2. The summed E-state index contributed by atoms with van der Waals surface area (Å²) in [5.74, 6) is -1.23. The number of hydrogen-bond donors (Lipinski definition) is 0. The van der Waals surface area contributed by atoms with Crippen LogP contribution < -0.4 is 0 Å². The lowest BCUT2D eigenvalue weighted by Crippen LogP contribution is -2.48. The van der Waals surface area contributed by atoms with E-state index >= 15 is 0 Å². The Balaban J connectivity index is 0.0000000976. The smallest absolute Gasteiger partial charge is 0.416 e. The maximum Gasteiger partial charge on any atom is 0.416 e. The number of halogens is 8. The van der Waals surface area contributed by atoms with Crippen LogP contribution in [0.4, 0.5) is 26.3 Å². The number of carbonyl (C=O) groups excluding carboxylic acids is 5. The maximum absolute atomic E-state index is 13.4. The lowest BCUT2D eigenvalue weighted by atomic mass is 9.74. The van der Waals surface area contributed by atoms with Crippen molar-refractivity contribution in [2.45, 2.75) is 282 Å². The molecule has 20 aliphatic rings. The minimum absolute atomic E-state index is 0.115. The zero-order valence-corrected chi connectivity index (χ0v) is 72.5. The molecule has 23 heteroatoms. The monoisotopic (exact) mass is 1790 g/mol. The summed E-state index contributed by atoms with van der Waals surface area (Å²) in [7, 11) is 0. The molecule has 0 saturated carbocycles. The third kappa shape index (κ3) is 13.7. The van der Waals surface area contributed by atoms with Crippen LogP contribution in [0, 0.1) is 0 Å². The molecule has 10 bridgehead atoms. The van der Waals surface area contributed by atoms with E-state index in [1.165, 1.54) is 122 Å². The van der Waals surface area contributed by atoms with E-state index in [1.54, 1.807) is 30.4 Å². The van der Waals surface area contributed by atoms with E-state index < -0.39 is 46.3 Å². The molecule has 15 heterocycles. The van der Waals surface area contributed by atoms with Gasteiger partial charge in [0.1, 0.15) is 0 Å². The zero-order valence-electron chi connectivity index (χ0n) is 69.3. The van der Waals surface area contributed by atoms with Crippen LogP contribution in [0.15, 0.2) is 194 Å². The normalized spacial score (nSPS) is 34.4. The molecule has 15 aliphatic heterocycles. The number of esters is 5. The number of ether oxygens (including phenoxy) is 5. The first kappa shape index (κ1) is 82.3. The topological polar surface area (TPSA) is 148 Å². The van der Waals surface area contributed by atoms with Gasteiger partial charge >= 0.3 is 42.2 Å². The van der Waals surface area contributed by atoms with Crippen molar-refractivity contribution in [3.05, 3.63) is 233 Å². The lowest BCUT2D eigenvalue weighted by Gasteiger charge is -2.38. The molecule has 0 N–H and O–H groups in total. The first-order chi connectivity index (χ1) is 58.5. The Labute approximate surface area is 725 Å². The molecule has 640 valence electrons. The van der Waals surface area contributed by atoms with Gasteiger partial charge in [-0.3, -0.25) is 24.5 Å². The SMILES string of the molecule is CC(C)(C)c1ccc(C2=C[C@@H]3C[C@@]4(OC(=O)C=C24)[C@H]2CCCCN32)cc1.CCCCC1=C[C@@H]2C[C@@]3(OC(=O)C=C13)[C@H]1CCCCN21.O=C1C=C2C(c3cc(Br)cc(Br)c3)=C[C@@H]3C[C@@]2(O1)[C@H]1CCCCN31.O=C1C=C2C(c3cc(C(F)(F)F)cc(C(F)(F)F)c3)=C[C@@H]3C[C@@]2(O1)[C@H]1CCCCN31.O=C1C=C2C(c3ccccc3)=C[C@@H]3C[C@@]2(O1)[C@H]1CCCCN31. The van der Waals surface area contributed by atoms with Crippen LogP contribution in [-0.2, 0) is 65.4 Å². The van der Waals surface area contributed by atoms with Crippen molar-refractivity contribution >= 4 is 84.0 Å². The van der Waals surface area contributed by atoms with Crippen LogP contribution in [0.1, 0.15) is 214 Å². The number of rotatable bonds is 7. The van der Waals surface area contributed by atoms with E-state index in [9.17, 15) is 50.3 Å². The molecule has 0 radical (unpaired) electrons. The average Bonchev–Trinajstić information content (AvgIpc) is 1.56. The van der Waals surface area contributed by atoms with Gasteiger partial charge in [0.2, 0.25) is 0 Å². The molecule has 0 unspecified atom stereocenters. The number of piperidine rings is 5. The van der Waals surface area contributed by atoms with Crippen LogP contribution in [0.2, 0.25) is 0 Å². The Morgan fingerprint density at radius 2 is 0.664 bits per heavy atom. The second kappa shape index (κ2) is 30.6. The molecule has 10 saturated heterocycles. The highest BCUT2D eigenvalue weighted by molar-refractivity contribution is 9.11. The van der Waals surface area contributed by atoms with E-state index in [0.29, 0.717) is 60.3 Å². The molecule has 4 aromatic carbocycles. The number of carbonyl (C=O) groups is 5. The molecule has 10 fully saturated rings. The number of hydrogen-bond acceptors (Lipinski definition) is 15. The van der Waals surface area contributed by atoms with Crippen molar-refractivity contribution in [3.63, 3.8) is 0 Å². The van der Waals surface area contributed by atoms with Crippen molar-refractivity contribution in [1.82, 2.24) is 24.5 Å². The molecule has 0 aromatic heterocycles. The summed E-state index contributed by atoms with van der Waals surface area (Å²) < 4.78 is 112. The summed E-state index contributed by atoms with van der Waals surface area (Å²) in [6, 6.07) is 30.0. The summed E-state index contributed by atoms with van der Waals surface area (Å²) in [5, 5.41) is 0. The van der Waals surface area contributed by atoms with Gasteiger partial charge in [-0.05, 0) is 207 Å². The highest BCUT2D eigenvalue weighted by Crippen LogP contribution is 2.62. The molecule has 24 rings (SSSR count). The summed E-state index contributed by atoms with van der Waals surface area (Å²) in [6.07, 6.45) is 34.6. The summed E-state index contributed by atoms with van der Waals surface area (Å²) in [5.41, 5.74) is 9.69. The standard InChI is InChI=1S/C23H27NO2.C21H17F6NO2.C19H17Br2NO2.C19H19NO2.C17H23NO2/c1-22(2,3)16-9-7-15(8-10-16)18-12-17-14-23(19(18)13-21(25)26-23)20-6-4-5-11-24(17)20;22-20(23,24)12-5-11(6-13(7-12)21(25,26)27)15-8-14-10-19(16(15)9-18(29)30-19)17-3-1-2-4-28(14)17;20-12-5-11(6-13(21)7-12)15-8-14-10-19(16(15)9-18(23)24-19)17-3-1-2-4-22(14)17;21-18-11-16-15(13-6-2-1-3-7-13)10-14-12-19(16,22-18)17-8-4-5-9-20(14)17;1-2-3-6-12-9-13-11-17(14(12)10-16(19)20-17)15-7-4-5-8-18(13)15/h7-10,12-13,17,20H,4-6,11,14H2,1-3H3;5-9,14,17H,1-4,10H2;5-9,14,17H,1-4,10H2;1-3,6-7,10-11,14,17H,4-5,8-9,12H2;9-10,13,15H,2-8,11H2,1H3/t17-,20-,23+;3*14-,17-,19+;13-,15-,17+/m11111/s1. The van der Waals surface area contributed by atoms with Gasteiger partial charge in [0.25, 0.3) is 0 Å². The fourth-order valence-electron chi connectivity index (χ4n) is 25.6. The predicted molar refractivity (Wildman–Crippen MR) is 458 cm³/mol. The Morgan fingerprint density at radius 1 is 0.361 bits per heavy atom. The maximum atomic E-state index is 13.4. The van der Waals surface area contributed by atoms with Gasteiger partial charge < -0.3 is 23.7 Å². The van der Waals surface area contributed by atoms with Gasteiger partial charge in [-0.25, -0.2) is 24.0 Å². The Kier molecular flexibility index (Phi) is 20.7. The summed E-state index contributed by atoms with van der Waals surface area (Å²) >= 11 is 7.17. The molecule has 4 aromatic rings. The molecular weight excluding hydrogens is 1690 g/mol. The average molecular weight is 1800 g/mol. The number of alkyl halides is 6. The number of unbranched alkanes of at least 4 members (excludes halogenated alkanes) is 1. The van der Waals surface area contributed by atoms with Crippen molar-refractivity contribution in [1.29, 1.82) is 0 Å². The minimum atomic E-state index is -4.93. The zero-order chi connectivity index (χ0) is 84.5. The van der Waals surface area contributed by atoms with Crippen LogP contribution >= 0.6 is 31.9 Å². The van der Waals surface area contributed by atoms with Gasteiger partial charge in [-0.15, -0.1) is 0 Å². The third-order valence-corrected chi connectivity index (χ3v) is 31.4. The van der Waals surface area contributed by atoms with E-state index in [1.807, 2.05) is 12.1 Å². The molecule has 5 spiro atoms. The van der Waals surface area contributed by atoms with Crippen LogP contribution in [-0.4, -0.2) is 175 Å².